The molecule has 0 aromatic carbocycles. The summed E-state index contributed by atoms with van der Waals surface area (Å²) in [6.45, 7) is 1.22. The van der Waals surface area contributed by atoms with Crippen molar-refractivity contribution in [3.05, 3.63) is 0 Å². The molecule has 1 aliphatic heterocycles. The highest BCUT2D eigenvalue weighted by Crippen LogP contribution is 2.06. The van der Waals surface area contributed by atoms with Gasteiger partial charge in [0.25, 0.3) is 0 Å². The third kappa shape index (κ3) is 2.33. The molecule has 0 aromatic rings. The van der Waals surface area contributed by atoms with E-state index in [-0.39, 0.29) is 12.4 Å². The standard InChI is InChI=1S/C5H10BrN.ClH/c6-4-5-2-1-3-7-5;/h5,7H,1-4H2;1H. The zero-order valence-corrected chi connectivity index (χ0v) is 7.09. The van der Waals surface area contributed by atoms with Gasteiger partial charge in [0.2, 0.25) is 0 Å². The highest BCUT2D eigenvalue weighted by atomic mass is 79.9. The second-order valence-electron chi connectivity index (χ2n) is 1.95. The fraction of sp³-hybridized carbons (Fsp3) is 1.00. The van der Waals surface area contributed by atoms with Gasteiger partial charge in [0, 0.05) is 11.4 Å². The molecule has 1 saturated heterocycles. The van der Waals surface area contributed by atoms with Crippen molar-refractivity contribution < 1.29 is 0 Å². The Morgan fingerprint density at radius 1 is 1.62 bits per heavy atom. The molecule has 0 amide bonds. The van der Waals surface area contributed by atoms with Crippen LogP contribution in [-0.2, 0) is 0 Å². The molecule has 8 heavy (non-hydrogen) atoms. The lowest BCUT2D eigenvalue weighted by Crippen LogP contribution is -2.22. The number of nitrogens with one attached hydrogen (secondary N) is 1. The van der Waals surface area contributed by atoms with Crippen LogP contribution in [0.25, 0.3) is 0 Å². The summed E-state index contributed by atoms with van der Waals surface area (Å²) in [5, 5.41) is 4.48. The van der Waals surface area contributed by atoms with Gasteiger partial charge in [-0.2, -0.15) is 0 Å². The molecule has 1 unspecified atom stereocenters. The molecule has 1 heterocycles. The summed E-state index contributed by atoms with van der Waals surface area (Å²) in [5.74, 6) is 0. The van der Waals surface area contributed by atoms with E-state index >= 15 is 0 Å². The van der Waals surface area contributed by atoms with E-state index in [0.717, 1.165) is 11.4 Å². The SMILES string of the molecule is BrCC1CCCN1.Cl. The molecule has 3 heteroatoms. The van der Waals surface area contributed by atoms with Gasteiger partial charge in [-0.1, -0.05) is 15.9 Å². The van der Waals surface area contributed by atoms with Crippen LogP contribution in [0.5, 0.6) is 0 Å². The van der Waals surface area contributed by atoms with E-state index in [1.807, 2.05) is 0 Å². The fourth-order valence-corrected chi connectivity index (χ4v) is 1.44. The van der Waals surface area contributed by atoms with Gasteiger partial charge >= 0.3 is 0 Å². The normalized spacial score (nSPS) is 27.4. The van der Waals surface area contributed by atoms with Crippen LogP contribution in [0.15, 0.2) is 0 Å². The van der Waals surface area contributed by atoms with Crippen LogP contribution in [0.2, 0.25) is 0 Å². The van der Waals surface area contributed by atoms with E-state index in [4.69, 9.17) is 0 Å². The van der Waals surface area contributed by atoms with E-state index in [1.165, 1.54) is 19.4 Å². The van der Waals surface area contributed by atoms with Crippen LogP contribution in [0, 0.1) is 0 Å². The minimum Gasteiger partial charge on any atom is -0.313 e. The summed E-state index contributed by atoms with van der Waals surface area (Å²) in [7, 11) is 0. The maximum absolute atomic E-state index is 3.41. The Hall–Kier alpha value is 0.730. The molecule has 1 atom stereocenters. The Balaban J connectivity index is 0.000000490. The second kappa shape index (κ2) is 4.59. The topological polar surface area (TPSA) is 12.0 Å². The number of alkyl halides is 1. The van der Waals surface area contributed by atoms with Crippen LogP contribution < -0.4 is 5.32 Å². The zero-order valence-electron chi connectivity index (χ0n) is 4.69. The van der Waals surface area contributed by atoms with E-state index in [9.17, 15) is 0 Å². The molecule has 1 nitrogen and oxygen atoms in total. The van der Waals surface area contributed by atoms with Crippen molar-refractivity contribution >= 4 is 28.3 Å². The number of hydrogen-bond donors (Lipinski definition) is 1. The van der Waals surface area contributed by atoms with E-state index in [0.29, 0.717) is 0 Å². The summed E-state index contributed by atoms with van der Waals surface area (Å²) in [4.78, 5) is 0. The molecule has 1 aliphatic rings. The van der Waals surface area contributed by atoms with Crippen LogP contribution in [0.1, 0.15) is 12.8 Å². The maximum atomic E-state index is 3.41. The first-order chi connectivity index (χ1) is 3.43. The molecule has 0 radical (unpaired) electrons. The number of hydrogen-bond acceptors (Lipinski definition) is 1. The van der Waals surface area contributed by atoms with Crippen molar-refractivity contribution in [3.63, 3.8) is 0 Å². The monoisotopic (exact) mass is 199 g/mol. The van der Waals surface area contributed by atoms with Crippen LogP contribution in [0.3, 0.4) is 0 Å². The van der Waals surface area contributed by atoms with Gasteiger partial charge in [-0.05, 0) is 19.4 Å². The molecular formula is C5H11BrClN. The summed E-state index contributed by atoms with van der Waals surface area (Å²) in [6, 6.07) is 0.764. The number of halogens is 2. The molecule has 50 valence electrons. The van der Waals surface area contributed by atoms with Gasteiger partial charge < -0.3 is 5.32 Å². The number of rotatable bonds is 1. The van der Waals surface area contributed by atoms with E-state index < -0.39 is 0 Å². The van der Waals surface area contributed by atoms with Crippen LogP contribution >= 0.6 is 28.3 Å². The highest BCUT2D eigenvalue weighted by molar-refractivity contribution is 9.09. The van der Waals surface area contributed by atoms with Crippen molar-refractivity contribution in [1.82, 2.24) is 5.32 Å². The summed E-state index contributed by atoms with van der Waals surface area (Å²) >= 11 is 3.41. The second-order valence-corrected chi connectivity index (χ2v) is 2.60. The molecule has 1 fully saturated rings. The first-order valence-corrected chi connectivity index (χ1v) is 3.85. The highest BCUT2D eigenvalue weighted by Gasteiger charge is 2.10. The Labute approximate surface area is 64.8 Å². The molecule has 1 N–H and O–H groups in total. The van der Waals surface area contributed by atoms with Crippen molar-refractivity contribution in [1.29, 1.82) is 0 Å². The molecule has 0 aliphatic carbocycles. The van der Waals surface area contributed by atoms with Gasteiger partial charge in [0.15, 0.2) is 0 Å². The minimum absolute atomic E-state index is 0. The lowest BCUT2D eigenvalue weighted by Gasteiger charge is -2.00. The summed E-state index contributed by atoms with van der Waals surface area (Å²) in [6.07, 6.45) is 2.71. The van der Waals surface area contributed by atoms with E-state index in [2.05, 4.69) is 21.2 Å². The Morgan fingerprint density at radius 3 is 2.62 bits per heavy atom. The van der Waals surface area contributed by atoms with Gasteiger partial charge in [-0.3, -0.25) is 0 Å². The molecular weight excluding hydrogens is 189 g/mol. The van der Waals surface area contributed by atoms with Crippen molar-refractivity contribution in [2.24, 2.45) is 0 Å². The first-order valence-electron chi connectivity index (χ1n) is 2.73. The Bertz CT molecular complexity index is 54.4. The van der Waals surface area contributed by atoms with Crippen molar-refractivity contribution in [3.8, 4) is 0 Å². The van der Waals surface area contributed by atoms with E-state index in [1.54, 1.807) is 0 Å². The molecule has 0 spiro atoms. The third-order valence-electron chi connectivity index (χ3n) is 1.35. The summed E-state index contributed by atoms with van der Waals surface area (Å²) in [5.41, 5.74) is 0. The van der Waals surface area contributed by atoms with Gasteiger partial charge in [0.1, 0.15) is 0 Å². The minimum atomic E-state index is 0. The van der Waals surface area contributed by atoms with Crippen molar-refractivity contribution in [2.75, 3.05) is 11.9 Å². The van der Waals surface area contributed by atoms with Crippen LogP contribution in [0.4, 0.5) is 0 Å². The lowest BCUT2D eigenvalue weighted by atomic mass is 10.3. The first kappa shape index (κ1) is 8.73. The van der Waals surface area contributed by atoms with Gasteiger partial charge in [-0.25, -0.2) is 0 Å². The van der Waals surface area contributed by atoms with Crippen LogP contribution in [-0.4, -0.2) is 17.9 Å². The molecule has 0 saturated carbocycles. The van der Waals surface area contributed by atoms with Gasteiger partial charge in [-0.15, -0.1) is 12.4 Å². The van der Waals surface area contributed by atoms with Crippen molar-refractivity contribution in [2.45, 2.75) is 18.9 Å². The summed E-state index contributed by atoms with van der Waals surface area (Å²) < 4.78 is 0. The molecule has 0 aromatic heterocycles. The Morgan fingerprint density at radius 2 is 2.38 bits per heavy atom. The predicted octanol–water partition coefficient (Wildman–Crippen LogP) is 1.56. The third-order valence-corrected chi connectivity index (χ3v) is 2.13. The average Bonchev–Trinajstić information content (AvgIpc) is 2.14. The predicted molar refractivity (Wildman–Crippen MR) is 42.1 cm³/mol. The quantitative estimate of drug-likeness (QED) is 0.634. The Kier molecular flexibility index (Phi) is 5.01. The van der Waals surface area contributed by atoms with Gasteiger partial charge in [0.05, 0.1) is 0 Å². The zero-order chi connectivity index (χ0) is 5.11. The average molecular weight is 201 g/mol. The largest absolute Gasteiger partial charge is 0.313 e. The smallest absolute Gasteiger partial charge is 0.0186 e. The molecule has 1 rings (SSSR count). The fourth-order valence-electron chi connectivity index (χ4n) is 0.888. The molecule has 0 bridgehead atoms. The maximum Gasteiger partial charge on any atom is 0.0186 e. The lowest BCUT2D eigenvalue weighted by molar-refractivity contribution is 0.678.